The number of amides is 1. The minimum atomic E-state index is -2.02. The fraction of sp³-hybridized carbons (Fsp3) is 0.200. The van der Waals surface area contributed by atoms with Crippen LogP contribution in [0, 0.1) is 5.82 Å². The smallest absolute Gasteiger partial charge is 0.281 e. The Balaban J connectivity index is 1.91. The van der Waals surface area contributed by atoms with Crippen molar-refractivity contribution < 1.29 is 23.8 Å². The van der Waals surface area contributed by atoms with E-state index in [9.17, 15) is 14.3 Å². The molecule has 32 heavy (non-hydrogen) atoms. The van der Waals surface area contributed by atoms with Crippen LogP contribution in [0.3, 0.4) is 0 Å². The summed E-state index contributed by atoms with van der Waals surface area (Å²) in [6, 6.07) is 18.9. The molecule has 3 rings (SSSR count). The van der Waals surface area contributed by atoms with E-state index in [-0.39, 0.29) is 5.82 Å². The standard InChI is InChI=1S/C25H25FN2O4/c1-3-31-22-13-7-19(8-14-22)25(30,20-9-15-23(16-10-20)32-4-2)24(29)28-27-17-18-5-11-21(26)12-6-18/h5-17,30H,3-4H2,1-2H3,(H,28,29). The molecule has 0 spiro atoms. The molecule has 3 aromatic rings. The molecule has 0 unspecified atom stereocenters. The number of aliphatic hydroxyl groups is 1. The maximum absolute atomic E-state index is 13.1. The second-order valence-corrected chi connectivity index (χ2v) is 6.88. The summed E-state index contributed by atoms with van der Waals surface area (Å²) in [6.45, 7) is 4.75. The van der Waals surface area contributed by atoms with Crippen LogP contribution in [0.1, 0.15) is 30.5 Å². The quantitative estimate of drug-likeness (QED) is 0.392. The molecule has 3 aromatic carbocycles. The van der Waals surface area contributed by atoms with Crippen molar-refractivity contribution >= 4 is 12.1 Å². The number of hydrogen-bond acceptors (Lipinski definition) is 5. The molecule has 7 heteroatoms. The molecule has 0 aliphatic rings. The molecule has 166 valence electrons. The van der Waals surface area contributed by atoms with Gasteiger partial charge >= 0.3 is 0 Å². The molecule has 1 amide bonds. The molecule has 0 saturated heterocycles. The monoisotopic (exact) mass is 436 g/mol. The Bertz CT molecular complexity index is 999. The van der Waals surface area contributed by atoms with E-state index >= 15 is 0 Å². The second-order valence-electron chi connectivity index (χ2n) is 6.88. The first-order valence-electron chi connectivity index (χ1n) is 10.3. The summed E-state index contributed by atoms with van der Waals surface area (Å²) in [6.07, 6.45) is 1.37. The highest BCUT2D eigenvalue weighted by Gasteiger charge is 2.40. The lowest BCUT2D eigenvalue weighted by Gasteiger charge is -2.27. The molecule has 0 aliphatic heterocycles. The van der Waals surface area contributed by atoms with E-state index in [1.807, 2.05) is 13.8 Å². The lowest BCUT2D eigenvalue weighted by atomic mass is 9.85. The topological polar surface area (TPSA) is 80.2 Å². The van der Waals surface area contributed by atoms with Crippen molar-refractivity contribution in [3.05, 3.63) is 95.3 Å². The number of carbonyl (C=O) groups excluding carboxylic acids is 1. The molecule has 0 aromatic heterocycles. The van der Waals surface area contributed by atoms with E-state index in [2.05, 4.69) is 10.5 Å². The summed E-state index contributed by atoms with van der Waals surface area (Å²) in [5, 5.41) is 15.5. The van der Waals surface area contributed by atoms with Crippen molar-refractivity contribution in [2.75, 3.05) is 13.2 Å². The van der Waals surface area contributed by atoms with Gasteiger partial charge in [-0.3, -0.25) is 4.79 Å². The average Bonchev–Trinajstić information content (AvgIpc) is 2.81. The van der Waals surface area contributed by atoms with Crippen molar-refractivity contribution in [2.45, 2.75) is 19.4 Å². The lowest BCUT2D eigenvalue weighted by molar-refractivity contribution is -0.136. The summed E-state index contributed by atoms with van der Waals surface area (Å²) in [5.74, 6) is 0.135. The van der Waals surface area contributed by atoms with E-state index in [4.69, 9.17) is 9.47 Å². The minimum Gasteiger partial charge on any atom is -0.494 e. The molecule has 0 radical (unpaired) electrons. The molecule has 0 saturated carbocycles. The predicted molar refractivity (Wildman–Crippen MR) is 120 cm³/mol. The number of halogens is 1. The van der Waals surface area contributed by atoms with Gasteiger partial charge in [0, 0.05) is 0 Å². The van der Waals surface area contributed by atoms with Crippen molar-refractivity contribution in [1.82, 2.24) is 5.43 Å². The molecule has 0 fully saturated rings. The van der Waals surface area contributed by atoms with Gasteiger partial charge in [0.1, 0.15) is 17.3 Å². The number of nitrogens with zero attached hydrogens (tertiary/aromatic N) is 1. The van der Waals surface area contributed by atoms with E-state index in [1.54, 1.807) is 48.5 Å². The van der Waals surface area contributed by atoms with Crippen molar-refractivity contribution in [3.8, 4) is 11.5 Å². The number of ether oxygens (including phenoxy) is 2. The Morgan fingerprint density at radius 1 is 0.906 bits per heavy atom. The summed E-state index contributed by atoms with van der Waals surface area (Å²) in [7, 11) is 0. The number of nitrogens with one attached hydrogen (secondary N) is 1. The van der Waals surface area contributed by atoms with Gasteiger partial charge in [0.05, 0.1) is 19.4 Å². The number of benzene rings is 3. The first kappa shape index (κ1) is 23.0. The number of rotatable bonds is 9. The highest BCUT2D eigenvalue weighted by molar-refractivity contribution is 5.91. The number of hydrazone groups is 1. The third kappa shape index (κ3) is 5.31. The molecular weight excluding hydrogens is 411 g/mol. The maximum atomic E-state index is 13.1. The zero-order valence-electron chi connectivity index (χ0n) is 17.9. The Labute approximate surface area is 186 Å². The van der Waals surface area contributed by atoms with Crippen LogP contribution >= 0.6 is 0 Å². The molecule has 0 heterocycles. The first-order valence-corrected chi connectivity index (χ1v) is 10.3. The second kappa shape index (κ2) is 10.5. The molecule has 6 nitrogen and oxygen atoms in total. The average molecular weight is 436 g/mol. The third-order valence-electron chi connectivity index (χ3n) is 4.74. The molecule has 0 bridgehead atoms. The number of carbonyl (C=O) groups is 1. The van der Waals surface area contributed by atoms with Crippen LogP contribution in [0.5, 0.6) is 11.5 Å². The highest BCUT2D eigenvalue weighted by atomic mass is 19.1. The minimum absolute atomic E-state index is 0.347. The fourth-order valence-corrected chi connectivity index (χ4v) is 3.14. The van der Waals surface area contributed by atoms with Gasteiger partial charge in [-0.1, -0.05) is 36.4 Å². The molecular formula is C25H25FN2O4. The number of hydrogen-bond donors (Lipinski definition) is 2. The van der Waals surface area contributed by atoms with Crippen LogP contribution in [-0.2, 0) is 10.4 Å². The van der Waals surface area contributed by atoms with Crippen LogP contribution in [0.4, 0.5) is 4.39 Å². The molecule has 0 aliphatic carbocycles. The van der Waals surface area contributed by atoms with Gasteiger partial charge in [-0.2, -0.15) is 5.10 Å². The predicted octanol–water partition coefficient (Wildman–Crippen LogP) is 4.01. The van der Waals surface area contributed by atoms with Gasteiger partial charge < -0.3 is 14.6 Å². The van der Waals surface area contributed by atoms with E-state index < -0.39 is 11.5 Å². The zero-order valence-corrected chi connectivity index (χ0v) is 17.9. The van der Waals surface area contributed by atoms with Crippen molar-refractivity contribution in [3.63, 3.8) is 0 Å². The third-order valence-corrected chi connectivity index (χ3v) is 4.74. The zero-order chi connectivity index (χ0) is 23.0. The molecule has 2 N–H and O–H groups in total. The Hall–Kier alpha value is -3.71. The van der Waals surface area contributed by atoms with Gasteiger partial charge in [0.25, 0.3) is 5.91 Å². The van der Waals surface area contributed by atoms with E-state index in [0.717, 1.165) is 0 Å². The normalized spacial score (nSPS) is 11.4. The highest BCUT2D eigenvalue weighted by Crippen LogP contribution is 2.32. The van der Waals surface area contributed by atoms with Crippen LogP contribution < -0.4 is 14.9 Å². The van der Waals surface area contributed by atoms with Gasteiger partial charge in [0.15, 0.2) is 5.60 Å². The van der Waals surface area contributed by atoms with Crippen LogP contribution in [0.15, 0.2) is 77.9 Å². The maximum Gasteiger partial charge on any atom is 0.281 e. The van der Waals surface area contributed by atoms with Gasteiger partial charge in [0.2, 0.25) is 0 Å². The summed E-state index contributed by atoms with van der Waals surface area (Å²) in [5.41, 5.74) is 1.66. The summed E-state index contributed by atoms with van der Waals surface area (Å²) >= 11 is 0. The van der Waals surface area contributed by atoms with Gasteiger partial charge in [-0.25, -0.2) is 9.82 Å². The van der Waals surface area contributed by atoms with Crippen LogP contribution in [0.25, 0.3) is 0 Å². The van der Waals surface area contributed by atoms with E-state index in [1.165, 1.54) is 30.5 Å². The first-order chi connectivity index (χ1) is 15.5. The largest absolute Gasteiger partial charge is 0.494 e. The lowest BCUT2D eigenvalue weighted by Crippen LogP contribution is -2.43. The van der Waals surface area contributed by atoms with E-state index in [0.29, 0.717) is 41.4 Å². The Morgan fingerprint density at radius 3 is 1.81 bits per heavy atom. The summed E-state index contributed by atoms with van der Waals surface area (Å²) < 4.78 is 24.0. The van der Waals surface area contributed by atoms with Gasteiger partial charge in [-0.05, 0) is 66.9 Å². The Kier molecular flexibility index (Phi) is 7.57. The Morgan fingerprint density at radius 2 is 1.38 bits per heavy atom. The summed E-state index contributed by atoms with van der Waals surface area (Å²) in [4.78, 5) is 13.1. The fourth-order valence-electron chi connectivity index (χ4n) is 3.14. The van der Waals surface area contributed by atoms with Crippen molar-refractivity contribution in [2.24, 2.45) is 5.10 Å². The van der Waals surface area contributed by atoms with Crippen LogP contribution in [0.2, 0.25) is 0 Å². The van der Waals surface area contributed by atoms with Gasteiger partial charge in [-0.15, -0.1) is 0 Å². The SMILES string of the molecule is CCOc1ccc(C(O)(C(=O)NN=Cc2ccc(F)cc2)c2ccc(OCC)cc2)cc1. The molecule has 0 atom stereocenters. The van der Waals surface area contributed by atoms with Crippen LogP contribution in [-0.4, -0.2) is 30.4 Å². The van der Waals surface area contributed by atoms with Crippen molar-refractivity contribution in [1.29, 1.82) is 0 Å².